The lowest BCUT2D eigenvalue weighted by atomic mass is 10.2. The molecule has 0 unspecified atom stereocenters. The molecule has 2 heterocycles. The van der Waals surface area contributed by atoms with Crippen molar-refractivity contribution < 1.29 is 4.79 Å². The quantitative estimate of drug-likeness (QED) is 0.808. The fraction of sp³-hybridized carbons (Fsp3) is 0.312. The minimum Gasteiger partial charge on any atom is -0.378 e. The van der Waals surface area contributed by atoms with Crippen LogP contribution >= 0.6 is 0 Å². The Bertz CT molecular complexity index is 600. The first-order chi connectivity index (χ1) is 10.6. The van der Waals surface area contributed by atoms with E-state index < -0.39 is 0 Å². The highest BCUT2D eigenvalue weighted by molar-refractivity contribution is 5.94. The van der Waals surface area contributed by atoms with Crippen LogP contribution in [0, 0.1) is 0 Å². The number of likely N-dealkylation sites (N-methyl/N-ethyl adjacent to an activating group) is 1. The summed E-state index contributed by atoms with van der Waals surface area (Å²) in [6.07, 6.45) is 5.01. The summed E-state index contributed by atoms with van der Waals surface area (Å²) >= 11 is 0. The molecule has 0 radical (unpaired) electrons. The zero-order valence-electron chi connectivity index (χ0n) is 12.9. The third kappa shape index (κ3) is 5.14. The van der Waals surface area contributed by atoms with Crippen molar-refractivity contribution in [2.75, 3.05) is 32.5 Å². The van der Waals surface area contributed by atoms with E-state index in [1.807, 2.05) is 37.2 Å². The molecule has 2 aromatic rings. The van der Waals surface area contributed by atoms with Gasteiger partial charge in [-0.3, -0.25) is 14.8 Å². The molecule has 1 amide bonds. The van der Waals surface area contributed by atoms with Gasteiger partial charge >= 0.3 is 0 Å². The van der Waals surface area contributed by atoms with Gasteiger partial charge in [-0.2, -0.15) is 0 Å². The van der Waals surface area contributed by atoms with Crippen molar-refractivity contribution >= 4 is 11.6 Å². The number of amides is 1. The van der Waals surface area contributed by atoms with Gasteiger partial charge in [0.05, 0.1) is 23.5 Å². The largest absolute Gasteiger partial charge is 0.378 e. The normalized spacial score (nSPS) is 10.5. The summed E-state index contributed by atoms with van der Waals surface area (Å²) in [5.74, 6) is -0.115. The average Bonchev–Trinajstić information content (AvgIpc) is 2.54. The van der Waals surface area contributed by atoms with Gasteiger partial charge in [-0.1, -0.05) is 6.07 Å². The van der Waals surface area contributed by atoms with Crippen molar-refractivity contribution in [1.29, 1.82) is 0 Å². The second-order valence-electron chi connectivity index (χ2n) is 5.20. The first-order valence-electron chi connectivity index (χ1n) is 7.17. The molecule has 0 bridgehead atoms. The van der Waals surface area contributed by atoms with Crippen LogP contribution < -0.4 is 10.6 Å². The molecular weight excluding hydrogens is 278 g/mol. The summed E-state index contributed by atoms with van der Waals surface area (Å²) in [5, 5.41) is 6.09. The first-order valence-corrected chi connectivity index (χ1v) is 7.17. The smallest absolute Gasteiger partial charge is 0.252 e. The van der Waals surface area contributed by atoms with Crippen LogP contribution in [-0.4, -0.2) is 48.0 Å². The maximum Gasteiger partial charge on any atom is 0.252 e. The molecule has 2 rings (SSSR count). The van der Waals surface area contributed by atoms with E-state index in [-0.39, 0.29) is 5.91 Å². The van der Waals surface area contributed by atoms with Gasteiger partial charge in [-0.25, -0.2) is 0 Å². The number of hydrogen-bond donors (Lipinski definition) is 2. The molecule has 0 saturated heterocycles. The molecule has 0 spiro atoms. The predicted octanol–water partition coefficient (Wildman–Crippen LogP) is 1.38. The summed E-state index contributed by atoms with van der Waals surface area (Å²) in [4.78, 5) is 22.4. The van der Waals surface area contributed by atoms with Gasteiger partial charge in [0, 0.05) is 31.7 Å². The lowest BCUT2D eigenvalue weighted by molar-refractivity contribution is 0.0950. The number of carbonyl (C=O) groups excluding carboxylic acids is 1. The Balaban J connectivity index is 1.90. The number of carbonyl (C=O) groups is 1. The number of nitrogens with one attached hydrogen (secondary N) is 2. The molecule has 6 heteroatoms. The summed E-state index contributed by atoms with van der Waals surface area (Å²) in [6.45, 7) is 2.00. The molecule has 2 N–H and O–H groups in total. The van der Waals surface area contributed by atoms with Crippen molar-refractivity contribution in [3.63, 3.8) is 0 Å². The number of hydrogen-bond acceptors (Lipinski definition) is 5. The van der Waals surface area contributed by atoms with Crippen LogP contribution in [0.1, 0.15) is 16.1 Å². The number of aromatic nitrogens is 2. The van der Waals surface area contributed by atoms with E-state index in [1.54, 1.807) is 24.7 Å². The lowest BCUT2D eigenvalue weighted by Crippen LogP contribution is -2.31. The molecule has 22 heavy (non-hydrogen) atoms. The van der Waals surface area contributed by atoms with E-state index in [2.05, 4.69) is 20.6 Å². The van der Waals surface area contributed by atoms with E-state index in [4.69, 9.17) is 0 Å². The van der Waals surface area contributed by atoms with Crippen LogP contribution in [0.2, 0.25) is 0 Å². The Morgan fingerprint density at radius 3 is 2.86 bits per heavy atom. The van der Waals surface area contributed by atoms with Gasteiger partial charge in [0.1, 0.15) is 0 Å². The topological polar surface area (TPSA) is 70.2 Å². The van der Waals surface area contributed by atoms with E-state index in [1.165, 1.54) is 0 Å². The number of rotatable bonds is 7. The summed E-state index contributed by atoms with van der Waals surface area (Å²) in [7, 11) is 3.94. The SMILES string of the molecule is CN(C)CCNC(=O)c1cncc(NCc2ccccn2)c1. The van der Waals surface area contributed by atoms with Crippen molar-refractivity contribution in [2.45, 2.75) is 6.54 Å². The van der Waals surface area contributed by atoms with E-state index in [9.17, 15) is 4.79 Å². The molecule has 116 valence electrons. The monoisotopic (exact) mass is 299 g/mol. The molecule has 0 aliphatic heterocycles. The van der Waals surface area contributed by atoms with Crippen LogP contribution in [0.5, 0.6) is 0 Å². The van der Waals surface area contributed by atoms with Gasteiger partial charge in [-0.05, 0) is 32.3 Å². The van der Waals surface area contributed by atoms with Crippen molar-refractivity contribution in [3.05, 3.63) is 54.1 Å². The van der Waals surface area contributed by atoms with Gasteiger partial charge in [0.15, 0.2) is 0 Å². The zero-order valence-corrected chi connectivity index (χ0v) is 12.9. The Morgan fingerprint density at radius 2 is 2.14 bits per heavy atom. The first kappa shape index (κ1) is 15.9. The fourth-order valence-corrected chi connectivity index (χ4v) is 1.85. The third-order valence-corrected chi connectivity index (χ3v) is 3.04. The van der Waals surface area contributed by atoms with Gasteiger partial charge in [0.2, 0.25) is 0 Å². The number of anilines is 1. The van der Waals surface area contributed by atoms with E-state index >= 15 is 0 Å². The molecule has 0 fully saturated rings. The standard InChI is InChI=1S/C16H21N5O/c1-21(2)8-7-19-16(22)13-9-15(11-17-10-13)20-12-14-5-3-4-6-18-14/h3-6,9-11,20H,7-8,12H2,1-2H3,(H,19,22). The maximum absolute atomic E-state index is 12.0. The van der Waals surface area contributed by atoms with E-state index in [0.29, 0.717) is 18.7 Å². The van der Waals surface area contributed by atoms with Crippen molar-refractivity contribution in [1.82, 2.24) is 20.2 Å². The Hall–Kier alpha value is -2.47. The second kappa shape index (κ2) is 8.09. The summed E-state index contributed by atoms with van der Waals surface area (Å²) in [6, 6.07) is 7.56. The minimum atomic E-state index is -0.115. The van der Waals surface area contributed by atoms with Gasteiger partial charge in [0.25, 0.3) is 5.91 Å². The van der Waals surface area contributed by atoms with Crippen LogP contribution in [0.15, 0.2) is 42.9 Å². The van der Waals surface area contributed by atoms with Crippen LogP contribution in [0.4, 0.5) is 5.69 Å². The maximum atomic E-state index is 12.0. The van der Waals surface area contributed by atoms with Crippen LogP contribution in [0.3, 0.4) is 0 Å². The Kier molecular flexibility index (Phi) is 5.85. The lowest BCUT2D eigenvalue weighted by Gasteiger charge is -2.11. The molecule has 0 atom stereocenters. The molecular formula is C16H21N5O. The molecule has 2 aromatic heterocycles. The van der Waals surface area contributed by atoms with Crippen molar-refractivity contribution in [2.24, 2.45) is 0 Å². The molecule has 6 nitrogen and oxygen atoms in total. The Morgan fingerprint density at radius 1 is 1.27 bits per heavy atom. The summed E-state index contributed by atoms with van der Waals surface area (Å²) < 4.78 is 0. The molecule has 0 aromatic carbocycles. The highest BCUT2D eigenvalue weighted by Crippen LogP contribution is 2.09. The zero-order chi connectivity index (χ0) is 15.8. The average molecular weight is 299 g/mol. The van der Waals surface area contributed by atoms with Crippen LogP contribution in [-0.2, 0) is 6.54 Å². The second-order valence-corrected chi connectivity index (χ2v) is 5.20. The van der Waals surface area contributed by atoms with Gasteiger partial charge < -0.3 is 15.5 Å². The predicted molar refractivity (Wildman–Crippen MR) is 86.7 cm³/mol. The van der Waals surface area contributed by atoms with Gasteiger partial charge in [-0.15, -0.1) is 0 Å². The summed E-state index contributed by atoms with van der Waals surface area (Å²) in [5.41, 5.74) is 2.28. The highest BCUT2D eigenvalue weighted by Gasteiger charge is 2.06. The molecule has 0 aliphatic carbocycles. The third-order valence-electron chi connectivity index (χ3n) is 3.04. The number of pyridine rings is 2. The number of nitrogens with zero attached hydrogens (tertiary/aromatic N) is 3. The molecule has 0 aliphatic rings. The minimum absolute atomic E-state index is 0.115. The highest BCUT2D eigenvalue weighted by atomic mass is 16.1. The van der Waals surface area contributed by atoms with Crippen LogP contribution in [0.25, 0.3) is 0 Å². The fourth-order valence-electron chi connectivity index (χ4n) is 1.85. The van der Waals surface area contributed by atoms with Crippen molar-refractivity contribution in [3.8, 4) is 0 Å². The Labute approximate surface area is 130 Å². The molecule has 0 saturated carbocycles. The van der Waals surface area contributed by atoms with E-state index in [0.717, 1.165) is 17.9 Å².